The molecule has 0 bridgehead atoms. The number of nitriles is 1. The van der Waals surface area contributed by atoms with Gasteiger partial charge in [-0.25, -0.2) is 4.98 Å². The smallest absolute Gasteiger partial charge is 0.183 e. The minimum absolute atomic E-state index is 0.265. The number of hydrogen-bond donors (Lipinski definition) is 0. The molecule has 2 rings (SSSR count). The molecule has 2 aromatic heterocycles. The van der Waals surface area contributed by atoms with Crippen molar-refractivity contribution >= 4 is 0 Å². The minimum Gasteiger partial charge on any atom is -0.451 e. The molecular weight excluding hydrogens is 192 g/mol. The first-order chi connectivity index (χ1) is 7.29. The van der Waals surface area contributed by atoms with E-state index in [1.54, 1.807) is 42.5 Å². The normalized spacial score (nSPS) is 9.60. The number of aromatic nitrogens is 3. The van der Waals surface area contributed by atoms with Crippen LogP contribution < -0.4 is 4.74 Å². The Morgan fingerprint density at radius 2 is 2.40 bits per heavy atom. The molecule has 15 heavy (non-hydrogen) atoms. The molecule has 2 aromatic rings. The topological polar surface area (TPSA) is 63.7 Å². The van der Waals surface area contributed by atoms with Crippen LogP contribution in [0, 0.1) is 11.3 Å². The molecule has 74 valence electrons. The molecule has 0 saturated heterocycles. The fraction of sp³-hybridized carbons (Fsp3) is 0.100. The number of rotatable bonds is 2. The summed E-state index contributed by atoms with van der Waals surface area (Å²) in [6, 6.07) is 5.37. The van der Waals surface area contributed by atoms with Crippen molar-refractivity contribution in [3.8, 4) is 17.6 Å². The van der Waals surface area contributed by atoms with E-state index in [0.717, 1.165) is 0 Å². The summed E-state index contributed by atoms with van der Waals surface area (Å²) in [6.07, 6.45) is 4.84. The molecule has 5 nitrogen and oxygen atoms in total. The Hall–Kier alpha value is -2.35. The van der Waals surface area contributed by atoms with Crippen LogP contribution in [0.4, 0.5) is 0 Å². The molecule has 0 radical (unpaired) electrons. The highest BCUT2D eigenvalue weighted by Crippen LogP contribution is 2.22. The Morgan fingerprint density at radius 3 is 3.07 bits per heavy atom. The van der Waals surface area contributed by atoms with Crippen LogP contribution in [0.25, 0.3) is 0 Å². The van der Waals surface area contributed by atoms with Gasteiger partial charge in [0.05, 0.1) is 12.4 Å². The van der Waals surface area contributed by atoms with Crippen molar-refractivity contribution in [2.45, 2.75) is 0 Å². The third-order valence-electron chi connectivity index (χ3n) is 1.79. The minimum atomic E-state index is 0.265. The fourth-order valence-corrected chi connectivity index (χ4v) is 1.14. The van der Waals surface area contributed by atoms with E-state index in [0.29, 0.717) is 11.5 Å². The Labute approximate surface area is 86.6 Å². The molecule has 0 aliphatic heterocycles. The van der Waals surface area contributed by atoms with E-state index in [-0.39, 0.29) is 5.69 Å². The molecule has 2 heterocycles. The number of hydrogen-bond acceptors (Lipinski definition) is 4. The van der Waals surface area contributed by atoms with E-state index in [4.69, 9.17) is 10.00 Å². The Morgan fingerprint density at radius 1 is 1.53 bits per heavy atom. The van der Waals surface area contributed by atoms with Gasteiger partial charge in [-0.3, -0.25) is 4.68 Å². The molecule has 0 atom stereocenters. The highest BCUT2D eigenvalue weighted by Gasteiger charge is 2.05. The molecule has 0 fully saturated rings. The van der Waals surface area contributed by atoms with Gasteiger partial charge in [0.1, 0.15) is 6.07 Å². The third-order valence-corrected chi connectivity index (χ3v) is 1.79. The molecule has 0 saturated carbocycles. The first kappa shape index (κ1) is 9.21. The molecule has 5 heteroatoms. The summed E-state index contributed by atoms with van der Waals surface area (Å²) in [7, 11) is 1.79. The van der Waals surface area contributed by atoms with E-state index in [9.17, 15) is 0 Å². The van der Waals surface area contributed by atoms with Gasteiger partial charge in [0.25, 0.3) is 0 Å². The molecule has 0 N–H and O–H groups in total. The van der Waals surface area contributed by atoms with Crippen LogP contribution in [0.2, 0.25) is 0 Å². The average molecular weight is 200 g/mol. The highest BCUT2D eigenvalue weighted by molar-refractivity contribution is 5.39. The van der Waals surface area contributed by atoms with Crippen molar-refractivity contribution < 1.29 is 4.74 Å². The Kier molecular flexibility index (Phi) is 2.33. The summed E-state index contributed by atoms with van der Waals surface area (Å²) < 4.78 is 7.08. The quantitative estimate of drug-likeness (QED) is 0.736. The maximum absolute atomic E-state index is 8.79. The zero-order valence-electron chi connectivity index (χ0n) is 8.08. The summed E-state index contributed by atoms with van der Waals surface area (Å²) >= 11 is 0. The van der Waals surface area contributed by atoms with Crippen LogP contribution >= 0.6 is 0 Å². The van der Waals surface area contributed by atoms with Gasteiger partial charge in [-0.05, 0) is 12.1 Å². The lowest BCUT2D eigenvalue weighted by atomic mass is 10.3. The van der Waals surface area contributed by atoms with Crippen LogP contribution in [0.5, 0.6) is 11.5 Å². The molecule has 0 spiro atoms. The zero-order valence-corrected chi connectivity index (χ0v) is 8.08. The standard InChI is InChI=1S/C10H8N4O/c1-14-7-8(6-13-14)15-10-3-2-4-12-9(10)5-11/h2-4,6-7H,1H3. The van der Waals surface area contributed by atoms with Crippen LogP contribution in [-0.2, 0) is 7.05 Å². The zero-order chi connectivity index (χ0) is 10.7. The van der Waals surface area contributed by atoms with Gasteiger partial charge in [-0.1, -0.05) is 0 Å². The van der Waals surface area contributed by atoms with Crippen LogP contribution in [-0.4, -0.2) is 14.8 Å². The highest BCUT2D eigenvalue weighted by atomic mass is 16.5. The van der Waals surface area contributed by atoms with Gasteiger partial charge in [0, 0.05) is 13.2 Å². The Bertz CT molecular complexity index is 512. The van der Waals surface area contributed by atoms with E-state index in [2.05, 4.69) is 10.1 Å². The number of nitrogens with zero attached hydrogens (tertiary/aromatic N) is 4. The van der Waals surface area contributed by atoms with Crippen molar-refractivity contribution in [3.63, 3.8) is 0 Å². The second-order valence-corrected chi connectivity index (χ2v) is 2.91. The number of aryl methyl sites for hydroxylation is 1. The molecule has 0 aromatic carbocycles. The predicted octanol–water partition coefficient (Wildman–Crippen LogP) is 1.48. The van der Waals surface area contributed by atoms with E-state index in [1.165, 1.54) is 0 Å². The molecule has 0 aliphatic rings. The average Bonchev–Trinajstić information content (AvgIpc) is 2.65. The lowest BCUT2D eigenvalue weighted by molar-refractivity contribution is 0.477. The fourth-order valence-electron chi connectivity index (χ4n) is 1.14. The summed E-state index contributed by atoms with van der Waals surface area (Å²) in [4.78, 5) is 3.89. The van der Waals surface area contributed by atoms with Gasteiger partial charge in [-0.15, -0.1) is 0 Å². The monoisotopic (exact) mass is 200 g/mol. The van der Waals surface area contributed by atoms with Crippen molar-refractivity contribution in [2.24, 2.45) is 7.05 Å². The maximum Gasteiger partial charge on any atom is 0.183 e. The first-order valence-corrected chi connectivity index (χ1v) is 4.31. The van der Waals surface area contributed by atoms with Crippen LogP contribution in [0.3, 0.4) is 0 Å². The van der Waals surface area contributed by atoms with Crippen molar-refractivity contribution in [2.75, 3.05) is 0 Å². The first-order valence-electron chi connectivity index (χ1n) is 4.31. The summed E-state index contributed by atoms with van der Waals surface area (Å²) in [6.45, 7) is 0. The second-order valence-electron chi connectivity index (χ2n) is 2.91. The number of pyridine rings is 1. The van der Waals surface area contributed by atoms with Crippen LogP contribution in [0.15, 0.2) is 30.7 Å². The molecule has 0 amide bonds. The molecule has 0 aliphatic carbocycles. The van der Waals surface area contributed by atoms with Gasteiger partial charge in [0.2, 0.25) is 0 Å². The Balaban J connectivity index is 2.28. The maximum atomic E-state index is 8.79. The lowest BCUT2D eigenvalue weighted by Gasteiger charge is -2.02. The van der Waals surface area contributed by atoms with Gasteiger partial charge < -0.3 is 4.74 Å². The van der Waals surface area contributed by atoms with Gasteiger partial charge >= 0.3 is 0 Å². The number of ether oxygens (including phenoxy) is 1. The van der Waals surface area contributed by atoms with Crippen molar-refractivity contribution in [1.29, 1.82) is 5.26 Å². The molecule has 0 unspecified atom stereocenters. The largest absolute Gasteiger partial charge is 0.451 e. The summed E-state index contributed by atoms with van der Waals surface area (Å²) in [5.74, 6) is 1.02. The summed E-state index contributed by atoms with van der Waals surface area (Å²) in [5.41, 5.74) is 0.265. The predicted molar refractivity (Wildman–Crippen MR) is 52.2 cm³/mol. The van der Waals surface area contributed by atoms with Crippen molar-refractivity contribution in [3.05, 3.63) is 36.4 Å². The summed E-state index contributed by atoms with van der Waals surface area (Å²) in [5, 5.41) is 12.7. The second kappa shape index (κ2) is 3.80. The van der Waals surface area contributed by atoms with E-state index in [1.807, 2.05) is 6.07 Å². The molecular formula is C10H8N4O. The SMILES string of the molecule is Cn1cc(Oc2cccnc2C#N)cn1. The van der Waals surface area contributed by atoms with E-state index >= 15 is 0 Å². The van der Waals surface area contributed by atoms with Crippen LogP contribution in [0.1, 0.15) is 5.69 Å². The van der Waals surface area contributed by atoms with Gasteiger partial charge in [0.15, 0.2) is 17.2 Å². The van der Waals surface area contributed by atoms with Crippen molar-refractivity contribution in [1.82, 2.24) is 14.8 Å². The van der Waals surface area contributed by atoms with Gasteiger partial charge in [-0.2, -0.15) is 10.4 Å². The lowest BCUT2D eigenvalue weighted by Crippen LogP contribution is -1.89. The third kappa shape index (κ3) is 1.94. The van der Waals surface area contributed by atoms with E-state index < -0.39 is 0 Å².